The molecule has 22 heteroatoms. The number of halogens is 8. The van der Waals surface area contributed by atoms with Crippen LogP contribution in [0, 0.1) is 24.5 Å². The van der Waals surface area contributed by atoms with Crippen molar-refractivity contribution in [3.8, 4) is 22.3 Å². The maximum atomic E-state index is 15.0. The molecule has 2 aliphatic carbocycles. The van der Waals surface area contributed by atoms with Crippen molar-refractivity contribution in [2.24, 2.45) is 5.89 Å². The summed E-state index contributed by atoms with van der Waals surface area (Å²) < 4.78 is 355. The summed E-state index contributed by atoms with van der Waals surface area (Å²) in [6, 6.07) is 10.4. The van der Waals surface area contributed by atoms with Crippen molar-refractivity contribution in [1.82, 2.24) is 38.7 Å². The Morgan fingerprint density at radius 1 is 0.573 bits per heavy atom. The molecule has 0 spiro atoms. The first-order valence-electron chi connectivity index (χ1n) is 43.3. The maximum Gasteiger partial charge on any atom is 0.416 e. The molecule has 10 rings (SSSR count). The maximum absolute atomic E-state index is 15.0. The Hall–Kier alpha value is -7.92. The number of rotatable bonds is 26. The van der Waals surface area contributed by atoms with Crippen LogP contribution < -0.4 is 11.1 Å². The van der Waals surface area contributed by atoms with Crippen molar-refractivity contribution < 1.29 is 83.1 Å². The van der Waals surface area contributed by atoms with Gasteiger partial charge < -0.3 is 28.7 Å². The van der Waals surface area contributed by atoms with E-state index in [1.54, 1.807) is 0 Å². The molecule has 0 radical (unpaired) electrons. The van der Waals surface area contributed by atoms with Gasteiger partial charge in [0.25, 0.3) is 11.1 Å². The molecule has 0 fully saturated rings. The Morgan fingerprint density at radius 3 is 1.52 bits per heavy atom. The Balaban J connectivity index is 0.000000281. The standard InChI is InChI=1S/2C37H40F4N4O2S/c1-4-43(5-2)18-19-44(22-26-6-10-28(11-7-26)29-12-14-30(15-13-29)37(39,40)41)34(46)23-45-33-21-25(3)20-32(33)35(47)42-36(45)48-24-27-8-16-31(38)17-9-27;1-4-43(5-2)19-20-44(22-26-9-13-28(14-10-26)29-15-18-32(25(3)21-29)37(39,40)41)34(46)23-45-33-8-6-7-31(33)35(47)42-36(45)48-24-27-11-16-30(38)17-12-27/h6-17,25H,4-5,18-24H2,1-3H3;9-18,21H,4-8,19-20,22-24H2,1-3H3/i4D2,5D2,20D2,21D2,22D2,23D2,25D;4D2,5D2,9D,10D,13D,14D,15D,18D,21D,22D2,23D2. The van der Waals surface area contributed by atoms with E-state index >= 15 is 0 Å². The van der Waals surface area contributed by atoms with Crippen LogP contribution in [0.3, 0.4) is 0 Å². The molecular weight excluding hydrogens is 1280 g/mol. The van der Waals surface area contributed by atoms with Crippen LogP contribution in [0.2, 0.25) is 0 Å². The van der Waals surface area contributed by atoms with Crippen molar-refractivity contribution in [2.45, 2.75) is 134 Å². The topological polar surface area (TPSA) is 117 Å². The molecule has 12 nitrogen and oxygen atoms in total. The van der Waals surface area contributed by atoms with E-state index < -0.39 is 236 Å². The van der Waals surface area contributed by atoms with Gasteiger partial charge in [-0.25, -0.2) is 8.78 Å². The minimum atomic E-state index is -5.20. The Kier molecular flexibility index (Phi) is 14.9. The van der Waals surface area contributed by atoms with Crippen LogP contribution >= 0.6 is 23.5 Å². The fourth-order valence-corrected chi connectivity index (χ4v) is 11.4. The highest BCUT2D eigenvalue weighted by Crippen LogP contribution is 2.36. The summed E-state index contributed by atoms with van der Waals surface area (Å²) >= 11 is 1.37. The number of hydrogen-bond donors (Lipinski definition) is 0. The number of alkyl halides is 6. The number of aromatic nitrogens is 4. The molecular formula is C74H80F8N8O4S2. The fourth-order valence-electron chi connectivity index (χ4n) is 9.60. The molecule has 0 aliphatic heterocycles. The molecule has 1 unspecified atom stereocenters. The van der Waals surface area contributed by atoms with Crippen molar-refractivity contribution in [1.29, 1.82) is 0 Å². The van der Waals surface area contributed by atoms with E-state index in [2.05, 4.69) is 9.97 Å². The third-order valence-corrected chi connectivity index (χ3v) is 16.5. The molecule has 508 valence electrons. The zero-order chi connectivity index (χ0) is 93.8. The second kappa shape index (κ2) is 32.9. The number of nitrogens with zero attached hydrogens (tertiary/aromatic N) is 8. The quantitative estimate of drug-likeness (QED) is 0.0295. The lowest BCUT2D eigenvalue weighted by atomic mass is 9.98. The van der Waals surface area contributed by atoms with E-state index in [4.69, 9.17) is 27.4 Å². The van der Waals surface area contributed by atoms with Gasteiger partial charge in [-0.15, -0.1) is 0 Å². The van der Waals surface area contributed by atoms with Crippen LogP contribution in [0.4, 0.5) is 35.1 Å². The third-order valence-electron chi connectivity index (χ3n) is 14.5. The number of thioether (sulfide) groups is 2. The lowest BCUT2D eigenvalue weighted by molar-refractivity contribution is -0.138. The van der Waals surface area contributed by atoms with Gasteiger partial charge in [-0.2, -0.15) is 36.3 Å². The number of benzene rings is 6. The molecule has 6 aromatic carbocycles. The van der Waals surface area contributed by atoms with E-state index in [1.165, 1.54) is 60.7 Å². The minimum Gasteiger partial charge on any atom is -0.336 e. The lowest BCUT2D eigenvalue weighted by Crippen LogP contribution is -2.40. The van der Waals surface area contributed by atoms with Gasteiger partial charge in [0, 0.05) is 91.0 Å². The minimum absolute atomic E-state index is 0.0258. The smallest absolute Gasteiger partial charge is 0.336 e. The molecule has 0 saturated heterocycles. The van der Waals surface area contributed by atoms with Gasteiger partial charge >= 0.3 is 12.4 Å². The Labute approximate surface area is 603 Å². The van der Waals surface area contributed by atoms with Crippen LogP contribution in [-0.2, 0) is 85.0 Å². The van der Waals surface area contributed by atoms with Gasteiger partial charge in [0.05, 0.1) is 31.7 Å². The molecule has 2 aromatic heterocycles. The van der Waals surface area contributed by atoms with Gasteiger partial charge in [-0.05, 0) is 163 Å². The first-order chi connectivity index (χ1) is 56.4. The molecule has 0 bridgehead atoms. The largest absolute Gasteiger partial charge is 0.416 e. The fraction of sp³-hybridized carbons (Fsp3) is 0.378. The van der Waals surface area contributed by atoms with E-state index in [-0.39, 0.29) is 51.2 Å². The van der Waals surface area contributed by atoms with Crippen LogP contribution in [0.25, 0.3) is 22.3 Å². The molecule has 0 saturated carbocycles. The van der Waals surface area contributed by atoms with Gasteiger partial charge in [-0.3, -0.25) is 19.2 Å². The van der Waals surface area contributed by atoms with Crippen LogP contribution in [0.5, 0.6) is 0 Å². The van der Waals surface area contributed by atoms with Gasteiger partial charge in [0.1, 0.15) is 24.6 Å². The van der Waals surface area contributed by atoms with Crippen molar-refractivity contribution in [3.05, 3.63) is 233 Å². The van der Waals surface area contributed by atoms with Crippen LogP contribution in [-0.4, -0.2) is 103 Å². The summed E-state index contributed by atoms with van der Waals surface area (Å²) in [6.07, 6.45) is -15.6. The SMILES string of the molecule is [2H]C([2H])(C)N(CCN(C(=O)C([2H])([2H])n1c(SCc2ccc(F)cc2)nc(=O)c2c1C([2H])([2H])C([2H])(C)C2([2H])[2H])C([2H])([2H])c1ccc(-c2ccc(C(F)(F)F)cc2)cc1)C([2H])([2H])C.[2H]c1c([2H])c(C([2H])([2H])N(CCN(C([2H])([2H])C)C([2H])([2H])C)C(=O)C([2H])([2H])n2c(SCc3ccc(F)cc3)nc(=O)c3c2CCC3)c([2H])c([2H])c1-c1c([2H])c([2H])c(C(F)(F)F)c(C)c1[2H]. The van der Waals surface area contributed by atoms with Crippen molar-refractivity contribution >= 4 is 35.3 Å². The second-order valence-corrected chi connectivity index (χ2v) is 22.9. The Bertz CT molecular complexity index is 5450. The summed E-state index contributed by atoms with van der Waals surface area (Å²) in [5, 5.41) is -1.05. The van der Waals surface area contributed by atoms with Gasteiger partial charge in [0.2, 0.25) is 11.8 Å². The monoisotopic (exact) mass is 1390 g/mol. The molecule has 2 heterocycles. The van der Waals surface area contributed by atoms with Crippen molar-refractivity contribution in [2.75, 3.05) is 52.2 Å². The highest BCUT2D eigenvalue weighted by molar-refractivity contribution is 7.98. The van der Waals surface area contributed by atoms with E-state index in [0.717, 1.165) is 94.3 Å². The highest BCUT2D eigenvalue weighted by Gasteiger charge is 2.34. The molecule has 1 atom stereocenters. The predicted molar refractivity (Wildman–Crippen MR) is 362 cm³/mol. The molecule has 2 amide bonds. The van der Waals surface area contributed by atoms with E-state index in [0.29, 0.717) is 59.7 Å². The average molecular weight is 1390 g/mol. The molecule has 8 aromatic rings. The number of carbonyl (C=O) groups is 2. The zero-order valence-corrected chi connectivity index (χ0v) is 53.8. The molecule has 0 N–H and O–H groups in total. The van der Waals surface area contributed by atoms with Gasteiger partial charge in [-0.1, -0.05) is 155 Å². The number of hydrogen-bond acceptors (Lipinski definition) is 10. The highest BCUT2D eigenvalue weighted by atomic mass is 32.2. The van der Waals surface area contributed by atoms with Crippen LogP contribution in [0.1, 0.15) is 141 Å². The third kappa shape index (κ3) is 19.0. The first kappa shape index (κ1) is 43.4. The van der Waals surface area contributed by atoms with E-state index in [1.807, 2.05) is 0 Å². The predicted octanol–water partition coefficient (Wildman–Crippen LogP) is 15.0. The number of fused-ring (bicyclic) bond motifs is 2. The molecule has 96 heavy (non-hydrogen) atoms. The van der Waals surface area contributed by atoms with Crippen molar-refractivity contribution in [3.63, 3.8) is 0 Å². The summed E-state index contributed by atoms with van der Waals surface area (Å²) in [5.41, 5.74) is -9.46. The lowest BCUT2D eigenvalue weighted by Gasteiger charge is -2.28. The molecule has 2 aliphatic rings. The average Bonchev–Trinajstić information content (AvgIpc) is 1.51. The number of amides is 2. The summed E-state index contributed by atoms with van der Waals surface area (Å²) in [5.74, 6) is -7.77. The normalized spacial score (nSPS) is 20.9. The number of carbonyl (C=O) groups excluding carboxylic acids is 2. The summed E-state index contributed by atoms with van der Waals surface area (Å²) in [6.45, 7) is -21.8. The Morgan fingerprint density at radius 2 is 1.03 bits per heavy atom. The number of likely N-dealkylation sites (N-methyl/N-ethyl adjacent to an activating group) is 2. The second-order valence-electron chi connectivity index (χ2n) is 21.0. The van der Waals surface area contributed by atoms with Crippen LogP contribution in [0.15, 0.2) is 159 Å². The summed E-state index contributed by atoms with van der Waals surface area (Å²) in [4.78, 5) is 66.2. The first-order valence-corrected chi connectivity index (χ1v) is 31.3. The van der Waals surface area contributed by atoms with E-state index in [9.17, 15) is 65.3 Å². The summed E-state index contributed by atoms with van der Waals surface area (Å²) in [7, 11) is 0. The zero-order valence-electron chi connectivity index (χ0n) is 80.2. The van der Waals surface area contributed by atoms with Gasteiger partial charge in [0.15, 0.2) is 10.3 Å².